The van der Waals surface area contributed by atoms with E-state index in [0.717, 1.165) is 10.2 Å². The molecular formula is C14H13BrClN3O. The zero-order chi connectivity index (χ0) is 14.7. The Morgan fingerprint density at radius 1 is 1.25 bits per heavy atom. The molecule has 104 valence electrons. The van der Waals surface area contributed by atoms with E-state index in [9.17, 15) is 4.79 Å². The van der Waals surface area contributed by atoms with Gasteiger partial charge < -0.3 is 10.2 Å². The molecule has 6 heteroatoms. The minimum Gasteiger partial charge on any atom is -0.363 e. The van der Waals surface area contributed by atoms with Crippen LogP contribution in [0.3, 0.4) is 0 Å². The number of carbonyl (C=O) groups is 1. The molecule has 0 spiro atoms. The maximum atomic E-state index is 12.2. The monoisotopic (exact) mass is 353 g/mol. The van der Waals surface area contributed by atoms with Crippen LogP contribution in [-0.2, 0) is 0 Å². The molecule has 0 aliphatic rings. The zero-order valence-corrected chi connectivity index (χ0v) is 13.4. The van der Waals surface area contributed by atoms with Crippen molar-refractivity contribution in [2.24, 2.45) is 0 Å². The minimum absolute atomic E-state index is 0.222. The molecule has 0 unspecified atom stereocenters. The molecule has 1 amide bonds. The van der Waals surface area contributed by atoms with E-state index in [2.05, 4.69) is 26.2 Å². The molecule has 0 radical (unpaired) electrons. The summed E-state index contributed by atoms with van der Waals surface area (Å²) in [5.74, 6) is 0.415. The normalized spacial score (nSPS) is 10.2. The summed E-state index contributed by atoms with van der Waals surface area (Å²) in [5.41, 5.74) is 1.19. The number of carbonyl (C=O) groups excluding carboxylic acids is 1. The van der Waals surface area contributed by atoms with Gasteiger partial charge in [-0.1, -0.05) is 27.5 Å². The van der Waals surface area contributed by atoms with Crippen LogP contribution in [0.1, 0.15) is 10.4 Å². The molecule has 0 atom stereocenters. The van der Waals surface area contributed by atoms with E-state index in [-0.39, 0.29) is 11.1 Å². The third-order valence-electron chi connectivity index (χ3n) is 2.60. The quantitative estimate of drug-likeness (QED) is 0.852. The molecule has 0 aliphatic carbocycles. The first-order valence-corrected chi connectivity index (χ1v) is 7.04. The molecule has 0 aliphatic heterocycles. The van der Waals surface area contributed by atoms with Crippen LogP contribution in [-0.4, -0.2) is 25.0 Å². The van der Waals surface area contributed by atoms with Gasteiger partial charge in [-0.2, -0.15) is 0 Å². The van der Waals surface area contributed by atoms with E-state index < -0.39 is 0 Å². The lowest BCUT2D eigenvalue weighted by Crippen LogP contribution is -2.15. The van der Waals surface area contributed by atoms with E-state index in [0.29, 0.717) is 11.4 Å². The van der Waals surface area contributed by atoms with Gasteiger partial charge in [0.25, 0.3) is 5.91 Å². The molecule has 2 rings (SSSR count). The summed E-state index contributed by atoms with van der Waals surface area (Å²) in [6, 6.07) is 10.6. The fraction of sp³-hybridized carbons (Fsp3) is 0.143. The van der Waals surface area contributed by atoms with E-state index in [1.165, 1.54) is 0 Å². The number of hydrogen-bond donors (Lipinski definition) is 1. The Hall–Kier alpha value is -1.59. The number of pyridine rings is 1. The van der Waals surface area contributed by atoms with Crippen molar-refractivity contribution in [1.29, 1.82) is 0 Å². The van der Waals surface area contributed by atoms with Crippen molar-refractivity contribution in [2.45, 2.75) is 0 Å². The Morgan fingerprint density at radius 2 is 1.90 bits per heavy atom. The fourth-order valence-electron chi connectivity index (χ4n) is 1.58. The Morgan fingerprint density at radius 3 is 2.50 bits per heavy atom. The number of rotatable bonds is 3. The smallest absolute Gasteiger partial charge is 0.255 e. The second-order valence-corrected chi connectivity index (χ2v) is 5.70. The molecule has 20 heavy (non-hydrogen) atoms. The third kappa shape index (κ3) is 3.71. The van der Waals surface area contributed by atoms with Crippen LogP contribution in [0, 0.1) is 0 Å². The molecule has 0 saturated heterocycles. The van der Waals surface area contributed by atoms with Gasteiger partial charge in [-0.25, -0.2) is 4.98 Å². The maximum Gasteiger partial charge on any atom is 0.255 e. The highest BCUT2D eigenvalue weighted by Gasteiger charge is 2.10. The van der Waals surface area contributed by atoms with Gasteiger partial charge in [0.1, 0.15) is 11.0 Å². The van der Waals surface area contributed by atoms with Crippen LogP contribution in [0.5, 0.6) is 0 Å². The highest BCUT2D eigenvalue weighted by molar-refractivity contribution is 9.10. The Bertz CT molecular complexity index is 629. The molecular weight excluding hydrogens is 342 g/mol. The molecule has 1 aromatic carbocycles. The maximum absolute atomic E-state index is 12.2. The second-order valence-electron chi connectivity index (χ2n) is 4.39. The summed E-state index contributed by atoms with van der Waals surface area (Å²) in [5, 5.41) is 3.10. The van der Waals surface area contributed by atoms with E-state index in [1.54, 1.807) is 17.0 Å². The summed E-state index contributed by atoms with van der Waals surface area (Å²) in [4.78, 5) is 18.1. The standard InChI is InChI=1S/C14H13BrClN3O/c1-19(2)13-8-9(7-12(16)18-13)14(20)17-11-5-3-10(15)4-6-11/h3-8H,1-2H3,(H,17,20). The molecule has 1 heterocycles. The van der Waals surface area contributed by atoms with Gasteiger partial charge in [0, 0.05) is 29.8 Å². The zero-order valence-electron chi connectivity index (χ0n) is 11.0. The molecule has 0 bridgehead atoms. The van der Waals surface area contributed by atoms with Crippen LogP contribution < -0.4 is 10.2 Å². The third-order valence-corrected chi connectivity index (χ3v) is 3.33. The number of anilines is 2. The average Bonchev–Trinajstić information content (AvgIpc) is 2.40. The van der Waals surface area contributed by atoms with E-state index in [1.807, 2.05) is 38.4 Å². The Kier molecular flexibility index (Phi) is 4.62. The number of halogens is 2. The van der Waals surface area contributed by atoms with Gasteiger partial charge in [-0.05, 0) is 36.4 Å². The van der Waals surface area contributed by atoms with Gasteiger partial charge in [0.05, 0.1) is 0 Å². The van der Waals surface area contributed by atoms with Crippen molar-refractivity contribution in [2.75, 3.05) is 24.3 Å². The van der Waals surface area contributed by atoms with Gasteiger partial charge in [0.2, 0.25) is 0 Å². The highest BCUT2D eigenvalue weighted by atomic mass is 79.9. The van der Waals surface area contributed by atoms with Crippen LogP contribution in [0.4, 0.5) is 11.5 Å². The van der Waals surface area contributed by atoms with Gasteiger partial charge in [-0.15, -0.1) is 0 Å². The van der Waals surface area contributed by atoms with Gasteiger partial charge in [-0.3, -0.25) is 4.79 Å². The largest absolute Gasteiger partial charge is 0.363 e. The van der Waals surface area contributed by atoms with Crippen molar-refractivity contribution >= 4 is 44.9 Å². The lowest BCUT2D eigenvalue weighted by atomic mass is 10.2. The van der Waals surface area contributed by atoms with E-state index in [4.69, 9.17) is 11.6 Å². The van der Waals surface area contributed by atoms with Crippen molar-refractivity contribution in [1.82, 2.24) is 4.98 Å². The number of aromatic nitrogens is 1. The number of benzene rings is 1. The van der Waals surface area contributed by atoms with Crippen molar-refractivity contribution in [3.05, 3.63) is 51.6 Å². The number of amides is 1. The van der Waals surface area contributed by atoms with Gasteiger partial charge >= 0.3 is 0 Å². The van der Waals surface area contributed by atoms with Gasteiger partial charge in [0.15, 0.2) is 0 Å². The molecule has 2 aromatic rings. The van der Waals surface area contributed by atoms with E-state index >= 15 is 0 Å². The SMILES string of the molecule is CN(C)c1cc(C(=O)Nc2ccc(Br)cc2)cc(Cl)n1. The summed E-state index contributed by atoms with van der Waals surface area (Å²) in [7, 11) is 3.68. The first-order chi connectivity index (χ1) is 9.45. The fourth-order valence-corrected chi connectivity index (χ4v) is 2.05. The molecule has 1 N–H and O–H groups in total. The van der Waals surface area contributed by atoms with Crippen molar-refractivity contribution in [3.8, 4) is 0 Å². The van der Waals surface area contributed by atoms with Crippen LogP contribution in [0.2, 0.25) is 5.15 Å². The van der Waals surface area contributed by atoms with Crippen molar-refractivity contribution in [3.63, 3.8) is 0 Å². The molecule has 4 nitrogen and oxygen atoms in total. The van der Waals surface area contributed by atoms with Crippen LogP contribution >= 0.6 is 27.5 Å². The average molecular weight is 355 g/mol. The predicted molar refractivity (Wildman–Crippen MR) is 85.7 cm³/mol. The second kappa shape index (κ2) is 6.24. The Labute approximate surface area is 130 Å². The lowest BCUT2D eigenvalue weighted by molar-refractivity contribution is 0.102. The van der Waals surface area contributed by atoms with Crippen LogP contribution in [0.25, 0.3) is 0 Å². The predicted octanol–water partition coefficient (Wildman–Crippen LogP) is 3.82. The molecule has 1 aromatic heterocycles. The number of nitrogens with one attached hydrogen (secondary N) is 1. The molecule has 0 fully saturated rings. The summed E-state index contributed by atoms with van der Waals surface area (Å²) in [6.45, 7) is 0. The summed E-state index contributed by atoms with van der Waals surface area (Å²) >= 11 is 9.29. The number of hydrogen-bond acceptors (Lipinski definition) is 3. The summed E-state index contributed by atoms with van der Waals surface area (Å²) in [6.07, 6.45) is 0. The highest BCUT2D eigenvalue weighted by Crippen LogP contribution is 2.19. The summed E-state index contributed by atoms with van der Waals surface area (Å²) < 4.78 is 0.956. The topological polar surface area (TPSA) is 45.2 Å². The van der Waals surface area contributed by atoms with Crippen molar-refractivity contribution < 1.29 is 4.79 Å². The van der Waals surface area contributed by atoms with Crippen LogP contribution in [0.15, 0.2) is 40.9 Å². The first-order valence-electron chi connectivity index (χ1n) is 5.87. The number of nitrogens with zero attached hydrogens (tertiary/aromatic N) is 2. The Balaban J connectivity index is 2.22. The lowest BCUT2D eigenvalue weighted by Gasteiger charge is -2.13. The molecule has 0 saturated carbocycles. The minimum atomic E-state index is -0.222. The first kappa shape index (κ1) is 14.8.